The van der Waals surface area contributed by atoms with Gasteiger partial charge in [-0.1, -0.05) is 83.6 Å². The molecule has 0 aromatic carbocycles. The average Bonchev–Trinajstić information content (AvgIpc) is 3.40. The highest BCUT2D eigenvalue weighted by Crippen LogP contribution is 2.31. The molecule has 2 fully saturated rings. The highest BCUT2D eigenvalue weighted by Gasteiger charge is 2.51. The molecule has 6 nitrogen and oxygen atoms in total. The van der Waals surface area contributed by atoms with Crippen molar-refractivity contribution >= 4 is 11.9 Å². The van der Waals surface area contributed by atoms with Crippen LogP contribution in [0.5, 0.6) is 0 Å². The lowest BCUT2D eigenvalue weighted by molar-refractivity contribution is -0.155. The van der Waals surface area contributed by atoms with E-state index < -0.39 is 12.2 Å². The molecule has 196 valence electrons. The van der Waals surface area contributed by atoms with Crippen LogP contribution in [-0.4, -0.2) is 49.6 Å². The van der Waals surface area contributed by atoms with Gasteiger partial charge >= 0.3 is 11.9 Å². The molecular weight excluding hydrogens is 432 g/mol. The topological polar surface area (TPSA) is 71.1 Å². The maximum Gasteiger partial charge on any atom is 0.306 e. The normalized spacial score (nSPS) is 23.6. The van der Waals surface area contributed by atoms with Crippen molar-refractivity contribution in [3.8, 4) is 0 Å². The molecule has 0 aromatic rings. The minimum Gasteiger partial charge on any atom is -0.457 e. The van der Waals surface area contributed by atoms with Crippen LogP contribution in [-0.2, 0) is 28.5 Å². The van der Waals surface area contributed by atoms with Gasteiger partial charge < -0.3 is 18.9 Å². The van der Waals surface area contributed by atoms with E-state index in [-0.39, 0.29) is 24.1 Å². The summed E-state index contributed by atoms with van der Waals surface area (Å²) in [5.41, 5.74) is 0. The van der Waals surface area contributed by atoms with Crippen molar-refractivity contribution in [2.75, 3.05) is 13.2 Å². The highest BCUT2D eigenvalue weighted by atomic mass is 16.7. The first-order valence-corrected chi connectivity index (χ1v) is 13.9. The molecule has 4 atom stereocenters. The Kier molecular flexibility index (Phi) is 15.2. The monoisotopic (exact) mass is 480 g/mol. The van der Waals surface area contributed by atoms with Gasteiger partial charge in [-0.2, -0.15) is 0 Å². The number of rotatable bonds is 20. The molecule has 3 unspecified atom stereocenters. The Hall–Kier alpha value is -1.40. The summed E-state index contributed by atoms with van der Waals surface area (Å²) >= 11 is 0. The molecule has 34 heavy (non-hydrogen) atoms. The molecule has 2 aliphatic rings. The van der Waals surface area contributed by atoms with E-state index in [0.29, 0.717) is 26.1 Å². The Balaban J connectivity index is 1.53. The fourth-order valence-electron chi connectivity index (χ4n) is 4.76. The third-order valence-corrected chi connectivity index (χ3v) is 6.80. The van der Waals surface area contributed by atoms with Crippen LogP contribution < -0.4 is 0 Å². The van der Waals surface area contributed by atoms with E-state index in [2.05, 4.69) is 13.5 Å². The lowest BCUT2D eigenvalue weighted by Crippen LogP contribution is -2.35. The van der Waals surface area contributed by atoms with E-state index in [1.165, 1.54) is 57.8 Å². The molecule has 2 aliphatic heterocycles. The molecule has 2 heterocycles. The molecule has 0 aromatic heterocycles. The Labute approximate surface area is 207 Å². The summed E-state index contributed by atoms with van der Waals surface area (Å²) < 4.78 is 22.8. The lowest BCUT2D eigenvalue weighted by atomic mass is 10.1. The van der Waals surface area contributed by atoms with Gasteiger partial charge in [0.1, 0.15) is 12.2 Å². The maximum absolute atomic E-state index is 12.2. The predicted molar refractivity (Wildman–Crippen MR) is 134 cm³/mol. The lowest BCUT2D eigenvalue weighted by Gasteiger charge is -2.17. The third kappa shape index (κ3) is 11.4. The molecule has 0 spiro atoms. The first-order valence-electron chi connectivity index (χ1n) is 13.9. The minimum absolute atomic E-state index is 0.186. The van der Waals surface area contributed by atoms with Crippen LogP contribution in [0, 0.1) is 0 Å². The van der Waals surface area contributed by atoms with Gasteiger partial charge in [-0.25, -0.2) is 0 Å². The summed E-state index contributed by atoms with van der Waals surface area (Å²) in [6, 6.07) is 0. The van der Waals surface area contributed by atoms with Crippen LogP contribution in [0.2, 0.25) is 0 Å². The summed E-state index contributed by atoms with van der Waals surface area (Å²) in [6.45, 7) is 6.57. The second-order valence-electron chi connectivity index (χ2n) is 9.83. The zero-order valence-electron chi connectivity index (χ0n) is 21.5. The van der Waals surface area contributed by atoms with Gasteiger partial charge in [-0.05, 0) is 25.7 Å². The fourth-order valence-corrected chi connectivity index (χ4v) is 4.76. The summed E-state index contributed by atoms with van der Waals surface area (Å²) in [6.07, 6.45) is 18.6. The highest BCUT2D eigenvalue weighted by molar-refractivity contribution is 5.70. The second-order valence-corrected chi connectivity index (χ2v) is 9.83. The minimum atomic E-state index is -0.409. The maximum atomic E-state index is 12.2. The Morgan fingerprint density at radius 1 is 0.706 bits per heavy atom. The number of fused-ring (bicyclic) bond motifs is 1. The number of hydrogen-bond donors (Lipinski definition) is 0. The van der Waals surface area contributed by atoms with E-state index in [1.54, 1.807) is 0 Å². The molecule has 0 radical (unpaired) electrons. The molecule has 0 bridgehead atoms. The van der Waals surface area contributed by atoms with Gasteiger partial charge in [0, 0.05) is 12.8 Å². The first kappa shape index (κ1) is 28.8. The molecule has 2 saturated heterocycles. The smallest absolute Gasteiger partial charge is 0.306 e. The largest absolute Gasteiger partial charge is 0.457 e. The molecule has 0 N–H and O–H groups in total. The Bertz CT molecular complexity index is 577. The summed E-state index contributed by atoms with van der Waals surface area (Å²) in [7, 11) is 0. The standard InChI is InChI=1S/C28H48O6/c1-3-5-7-9-11-13-15-17-19-25(29)33-23-21-31-28-24(22-32-27(23)28)34-26(30)20-18-16-14-12-10-8-6-4-2/h3,23-24,27-28H,1,4-22H2,2H3/t23-,24?,27?,28?/m1/s1. The van der Waals surface area contributed by atoms with Crippen LogP contribution in [0.3, 0.4) is 0 Å². The number of esters is 2. The molecular formula is C28H48O6. The average molecular weight is 481 g/mol. The summed E-state index contributed by atoms with van der Waals surface area (Å²) in [5.74, 6) is -0.381. The number of carbonyl (C=O) groups is 2. The van der Waals surface area contributed by atoms with Crippen LogP contribution in [0.25, 0.3) is 0 Å². The van der Waals surface area contributed by atoms with Gasteiger partial charge in [0.25, 0.3) is 0 Å². The Morgan fingerprint density at radius 3 is 1.56 bits per heavy atom. The number of ether oxygens (including phenoxy) is 4. The van der Waals surface area contributed by atoms with Crippen molar-refractivity contribution in [1.82, 2.24) is 0 Å². The number of allylic oxidation sites excluding steroid dienone is 1. The van der Waals surface area contributed by atoms with Gasteiger partial charge in [0.15, 0.2) is 12.2 Å². The summed E-state index contributed by atoms with van der Waals surface area (Å²) in [4.78, 5) is 24.5. The molecule has 6 heteroatoms. The van der Waals surface area contributed by atoms with Crippen molar-refractivity contribution in [3.05, 3.63) is 12.7 Å². The van der Waals surface area contributed by atoms with Crippen LogP contribution >= 0.6 is 0 Å². The van der Waals surface area contributed by atoms with E-state index in [1.807, 2.05) is 6.08 Å². The van der Waals surface area contributed by atoms with Crippen LogP contribution in [0.4, 0.5) is 0 Å². The Morgan fingerprint density at radius 2 is 1.12 bits per heavy atom. The van der Waals surface area contributed by atoms with Gasteiger partial charge in [-0.3, -0.25) is 9.59 Å². The predicted octanol–water partition coefficient (Wildman–Crippen LogP) is 6.45. The van der Waals surface area contributed by atoms with Gasteiger partial charge in [-0.15, -0.1) is 6.58 Å². The van der Waals surface area contributed by atoms with Gasteiger partial charge in [0.2, 0.25) is 0 Å². The van der Waals surface area contributed by atoms with E-state index in [4.69, 9.17) is 18.9 Å². The van der Waals surface area contributed by atoms with Crippen molar-refractivity contribution in [3.63, 3.8) is 0 Å². The first-order chi connectivity index (χ1) is 16.7. The fraction of sp³-hybridized carbons (Fsp3) is 0.857. The van der Waals surface area contributed by atoms with Crippen LogP contribution in [0.1, 0.15) is 116 Å². The second kappa shape index (κ2) is 18.0. The summed E-state index contributed by atoms with van der Waals surface area (Å²) in [5, 5.41) is 0. The molecule has 0 aliphatic carbocycles. The zero-order valence-corrected chi connectivity index (χ0v) is 21.5. The van der Waals surface area contributed by atoms with E-state index in [9.17, 15) is 9.59 Å². The molecule has 0 amide bonds. The molecule has 0 saturated carbocycles. The van der Waals surface area contributed by atoms with Gasteiger partial charge in [0.05, 0.1) is 13.2 Å². The quantitative estimate of drug-likeness (QED) is 0.113. The molecule has 2 rings (SSSR count). The number of hydrogen-bond acceptors (Lipinski definition) is 6. The zero-order chi connectivity index (χ0) is 24.4. The SMILES string of the molecule is C=CCCCCCCCCC(=O)O[C@@H]1COC2C(OC(=O)CCCCCCCCCC)COC21. The number of unbranched alkanes of at least 4 members (excludes halogenated alkanes) is 13. The van der Waals surface area contributed by atoms with E-state index in [0.717, 1.165) is 38.5 Å². The van der Waals surface area contributed by atoms with Crippen molar-refractivity contribution < 1.29 is 28.5 Å². The van der Waals surface area contributed by atoms with Crippen LogP contribution in [0.15, 0.2) is 12.7 Å². The third-order valence-electron chi connectivity index (χ3n) is 6.80. The van der Waals surface area contributed by atoms with Crippen molar-refractivity contribution in [2.24, 2.45) is 0 Å². The van der Waals surface area contributed by atoms with E-state index >= 15 is 0 Å². The van der Waals surface area contributed by atoms with Crippen molar-refractivity contribution in [1.29, 1.82) is 0 Å². The number of carbonyl (C=O) groups excluding carboxylic acids is 2. The van der Waals surface area contributed by atoms with Crippen molar-refractivity contribution in [2.45, 2.75) is 140 Å².